The number of sulfone groups is 1. The zero-order valence-corrected chi connectivity index (χ0v) is 15.4. The van der Waals surface area contributed by atoms with Gasteiger partial charge in [0, 0.05) is 19.3 Å². The summed E-state index contributed by atoms with van der Waals surface area (Å²) in [5.74, 6) is 2.20. The van der Waals surface area contributed by atoms with Gasteiger partial charge in [0.1, 0.15) is 9.84 Å². The summed E-state index contributed by atoms with van der Waals surface area (Å²) in [7, 11) is -2.98. The van der Waals surface area contributed by atoms with Crippen molar-refractivity contribution >= 4 is 15.8 Å². The van der Waals surface area contributed by atoms with Crippen LogP contribution in [0.1, 0.15) is 12.5 Å². The SMILES string of the molecule is CCNC(=NCc1ccc2c(c1)OCO2)NCCOCCS(C)(=O)=O. The predicted molar refractivity (Wildman–Crippen MR) is 95.9 cm³/mol. The van der Waals surface area contributed by atoms with Crippen molar-refractivity contribution in [1.82, 2.24) is 10.6 Å². The third kappa shape index (κ3) is 7.18. The molecule has 1 aliphatic heterocycles. The lowest BCUT2D eigenvalue weighted by molar-refractivity contribution is 0.154. The Morgan fingerprint density at radius 2 is 2.04 bits per heavy atom. The van der Waals surface area contributed by atoms with Crippen molar-refractivity contribution in [3.63, 3.8) is 0 Å². The number of nitrogens with zero attached hydrogens (tertiary/aromatic N) is 1. The normalized spacial score (nSPS) is 13.8. The van der Waals surface area contributed by atoms with E-state index in [-0.39, 0.29) is 19.2 Å². The molecule has 2 N–H and O–H groups in total. The number of guanidine groups is 1. The first-order valence-electron chi connectivity index (χ1n) is 8.14. The van der Waals surface area contributed by atoms with Gasteiger partial charge in [0.05, 0.1) is 25.5 Å². The van der Waals surface area contributed by atoms with Crippen LogP contribution in [0.25, 0.3) is 0 Å². The molecule has 140 valence electrons. The van der Waals surface area contributed by atoms with E-state index in [9.17, 15) is 8.42 Å². The van der Waals surface area contributed by atoms with Crippen molar-refractivity contribution in [2.75, 3.05) is 45.1 Å². The van der Waals surface area contributed by atoms with Crippen LogP contribution in [0.4, 0.5) is 0 Å². The zero-order valence-electron chi connectivity index (χ0n) is 14.6. The summed E-state index contributed by atoms with van der Waals surface area (Å²) in [4.78, 5) is 4.51. The van der Waals surface area contributed by atoms with Gasteiger partial charge in [-0.05, 0) is 24.6 Å². The van der Waals surface area contributed by atoms with Gasteiger partial charge in [0.2, 0.25) is 6.79 Å². The molecule has 0 atom stereocenters. The smallest absolute Gasteiger partial charge is 0.231 e. The topological polar surface area (TPSA) is 98.2 Å². The average molecular weight is 371 g/mol. The molecule has 0 saturated heterocycles. The summed E-state index contributed by atoms with van der Waals surface area (Å²) in [6.07, 6.45) is 1.20. The van der Waals surface area contributed by atoms with Gasteiger partial charge >= 0.3 is 0 Å². The Morgan fingerprint density at radius 1 is 1.24 bits per heavy atom. The molecule has 0 radical (unpaired) electrons. The number of benzene rings is 1. The van der Waals surface area contributed by atoms with Crippen LogP contribution in [0, 0.1) is 0 Å². The monoisotopic (exact) mass is 371 g/mol. The first-order valence-corrected chi connectivity index (χ1v) is 10.2. The highest BCUT2D eigenvalue weighted by Gasteiger charge is 2.12. The summed E-state index contributed by atoms with van der Waals surface area (Å²) in [6, 6.07) is 5.75. The first kappa shape index (κ1) is 19.3. The second kappa shape index (κ2) is 9.47. The van der Waals surface area contributed by atoms with Crippen molar-refractivity contribution in [3.05, 3.63) is 23.8 Å². The zero-order chi connectivity index (χ0) is 18.1. The highest BCUT2D eigenvalue weighted by Crippen LogP contribution is 2.32. The molecule has 1 aromatic rings. The van der Waals surface area contributed by atoms with Gasteiger partial charge in [-0.3, -0.25) is 0 Å². The lowest BCUT2D eigenvalue weighted by Crippen LogP contribution is -2.39. The van der Waals surface area contributed by atoms with E-state index in [0.29, 0.717) is 25.7 Å². The lowest BCUT2D eigenvalue weighted by atomic mass is 10.2. The van der Waals surface area contributed by atoms with Crippen LogP contribution in [-0.2, 0) is 21.1 Å². The van der Waals surface area contributed by atoms with Crippen LogP contribution >= 0.6 is 0 Å². The standard InChI is InChI=1S/C16H25N3O5S/c1-3-17-16(18-6-7-22-8-9-25(2,20)21)19-11-13-4-5-14-15(10-13)24-12-23-14/h4-5,10H,3,6-9,11-12H2,1-2H3,(H2,17,18,19). The van der Waals surface area contributed by atoms with E-state index in [1.807, 2.05) is 25.1 Å². The predicted octanol–water partition coefficient (Wildman–Crippen LogP) is 0.532. The van der Waals surface area contributed by atoms with Crippen LogP contribution in [0.15, 0.2) is 23.2 Å². The second-order valence-electron chi connectivity index (χ2n) is 5.55. The average Bonchev–Trinajstić information content (AvgIpc) is 3.02. The molecule has 1 aliphatic rings. The van der Waals surface area contributed by atoms with E-state index in [2.05, 4.69) is 15.6 Å². The molecule has 0 aliphatic carbocycles. The quantitative estimate of drug-likeness (QED) is 0.371. The highest BCUT2D eigenvalue weighted by atomic mass is 32.2. The van der Waals surface area contributed by atoms with Gasteiger partial charge < -0.3 is 24.8 Å². The van der Waals surface area contributed by atoms with Crippen molar-refractivity contribution in [3.8, 4) is 11.5 Å². The van der Waals surface area contributed by atoms with Gasteiger partial charge in [-0.2, -0.15) is 0 Å². The third-order valence-corrected chi connectivity index (χ3v) is 4.25. The number of rotatable bonds is 9. The summed E-state index contributed by atoms with van der Waals surface area (Å²) in [5.41, 5.74) is 1.02. The van der Waals surface area contributed by atoms with Crippen molar-refractivity contribution in [1.29, 1.82) is 0 Å². The van der Waals surface area contributed by atoms with E-state index in [4.69, 9.17) is 14.2 Å². The molecule has 2 rings (SSSR count). The molecule has 0 unspecified atom stereocenters. The maximum absolute atomic E-state index is 11.0. The van der Waals surface area contributed by atoms with Crippen molar-refractivity contribution < 1.29 is 22.6 Å². The van der Waals surface area contributed by atoms with Crippen LogP contribution in [0.2, 0.25) is 0 Å². The molecule has 25 heavy (non-hydrogen) atoms. The Balaban J connectivity index is 1.76. The van der Waals surface area contributed by atoms with E-state index >= 15 is 0 Å². The van der Waals surface area contributed by atoms with Gasteiger partial charge in [-0.25, -0.2) is 13.4 Å². The minimum Gasteiger partial charge on any atom is -0.454 e. The maximum atomic E-state index is 11.0. The Bertz CT molecular complexity index is 691. The van der Waals surface area contributed by atoms with E-state index in [1.165, 1.54) is 6.26 Å². The molecule has 9 heteroatoms. The van der Waals surface area contributed by atoms with Crippen LogP contribution in [0.3, 0.4) is 0 Å². The molecule has 1 aromatic carbocycles. The number of aliphatic imine (C=N–C) groups is 1. The van der Waals surface area contributed by atoms with E-state index in [0.717, 1.165) is 23.6 Å². The molecule has 0 bridgehead atoms. The van der Waals surface area contributed by atoms with Gasteiger partial charge in [-0.1, -0.05) is 6.07 Å². The molecule has 1 heterocycles. The van der Waals surface area contributed by atoms with Crippen molar-refractivity contribution in [2.24, 2.45) is 4.99 Å². The molecule has 0 amide bonds. The summed E-state index contributed by atoms with van der Waals surface area (Å²) in [6.45, 7) is 4.63. The van der Waals surface area contributed by atoms with Crippen LogP contribution < -0.4 is 20.1 Å². The number of fused-ring (bicyclic) bond motifs is 1. The number of ether oxygens (including phenoxy) is 3. The Kier molecular flexibility index (Phi) is 7.32. The third-order valence-electron chi connectivity index (χ3n) is 3.34. The molecular formula is C16H25N3O5S. The Labute approximate surface area is 148 Å². The molecule has 0 aromatic heterocycles. The molecule has 8 nitrogen and oxygen atoms in total. The molecular weight excluding hydrogens is 346 g/mol. The van der Waals surface area contributed by atoms with Gasteiger partial charge in [0.15, 0.2) is 17.5 Å². The van der Waals surface area contributed by atoms with Gasteiger partial charge in [-0.15, -0.1) is 0 Å². The molecule has 0 saturated carbocycles. The number of nitrogens with one attached hydrogen (secondary N) is 2. The first-order chi connectivity index (χ1) is 12.0. The van der Waals surface area contributed by atoms with Crippen LogP contribution in [-0.4, -0.2) is 59.5 Å². The molecule has 0 spiro atoms. The van der Waals surface area contributed by atoms with Crippen LogP contribution in [0.5, 0.6) is 11.5 Å². The van der Waals surface area contributed by atoms with Gasteiger partial charge in [0.25, 0.3) is 0 Å². The second-order valence-corrected chi connectivity index (χ2v) is 7.81. The maximum Gasteiger partial charge on any atom is 0.231 e. The van der Waals surface area contributed by atoms with Crippen molar-refractivity contribution in [2.45, 2.75) is 13.5 Å². The summed E-state index contributed by atoms with van der Waals surface area (Å²) >= 11 is 0. The number of hydrogen-bond donors (Lipinski definition) is 2. The fraction of sp³-hybridized carbons (Fsp3) is 0.562. The highest BCUT2D eigenvalue weighted by molar-refractivity contribution is 7.90. The minimum atomic E-state index is -2.98. The summed E-state index contributed by atoms with van der Waals surface area (Å²) in [5, 5.41) is 6.30. The fourth-order valence-electron chi connectivity index (χ4n) is 2.11. The lowest BCUT2D eigenvalue weighted by Gasteiger charge is -2.11. The molecule has 0 fully saturated rings. The number of hydrogen-bond acceptors (Lipinski definition) is 6. The van der Waals surface area contributed by atoms with E-state index in [1.54, 1.807) is 0 Å². The fourth-order valence-corrected chi connectivity index (χ4v) is 2.53. The summed E-state index contributed by atoms with van der Waals surface area (Å²) < 4.78 is 38.0. The Morgan fingerprint density at radius 3 is 2.80 bits per heavy atom. The Hall–Kier alpha value is -2.00. The largest absolute Gasteiger partial charge is 0.454 e. The van der Waals surface area contributed by atoms with E-state index < -0.39 is 9.84 Å². The minimum absolute atomic E-state index is 0.0330.